The number of anilines is 2. The van der Waals surface area contributed by atoms with Gasteiger partial charge in [-0.15, -0.1) is 0 Å². The van der Waals surface area contributed by atoms with Gasteiger partial charge in [-0.3, -0.25) is 9.10 Å². The average Bonchev–Trinajstić information content (AvgIpc) is 3.02. The van der Waals surface area contributed by atoms with E-state index in [9.17, 15) is 13.2 Å². The fraction of sp³-hybridized carbons (Fsp3) is 0.261. The highest BCUT2D eigenvalue weighted by Gasteiger charge is 2.36. The number of amides is 1. The summed E-state index contributed by atoms with van der Waals surface area (Å²) in [6.45, 7) is 3.30. The van der Waals surface area contributed by atoms with Crippen LogP contribution < -0.4 is 14.5 Å². The zero-order valence-electron chi connectivity index (χ0n) is 17.0. The maximum absolute atomic E-state index is 13.0. The number of carbonyl (C=O) groups is 1. The summed E-state index contributed by atoms with van der Waals surface area (Å²) < 4.78 is 32.6. The van der Waals surface area contributed by atoms with E-state index in [1.165, 1.54) is 4.31 Å². The third-order valence-electron chi connectivity index (χ3n) is 5.77. The van der Waals surface area contributed by atoms with Gasteiger partial charge < -0.3 is 15.0 Å². The van der Waals surface area contributed by atoms with Crippen molar-refractivity contribution in [3.63, 3.8) is 0 Å². The Morgan fingerprint density at radius 1 is 0.968 bits per heavy atom. The maximum Gasteiger partial charge on any atom is 0.265 e. The molecule has 1 saturated heterocycles. The van der Waals surface area contributed by atoms with Gasteiger partial charge in [-0.05, 0) is 35.2 Å². The number of hydrogen-bond donors (Lipinski definition) is 1. The normalized spacial score (nSPS) is 17.2. The van der Waals surface area contributed by atoms with Gasteiger partial charge in [0.2, 0.25) is 5.91 Å². The zero-order chi connectivity index (χ0) is 21.4. The second-order valence-corrected chi connectivity index (χ2v) is 9.52. The number of benzene rings is 3. The highest BCUT2D eigenvalue weighted by Crippen LogP contribution is 2.41. The molecule has 0 saturated carbocycles. The Hall–Kier alpha value is -3.10. The van der Waals surface area contributed by atoms with Gasteiger partial charge in [0, 0.05) is 30.7 Å². The quantitative estimate of drug-likeness (QED) is 0.664. The molecule has 0 bridgehead atoms. The lowest BCUT2D eigenvalue weighted by Crippen LogP contribution is -2.38. The largest absolute Gasteiger partial charge is 0.378 e. The van der Waals surface area contributed by atoms with E-state index in [0.717, 1.165) is 42.9 Å². The molecule has 0 spiro atoms. The summed E-state index contributed by atoms with van der Waals surface area (Å²) in [6, 6.07) is 18.7. The van der Waals surface area contributed by atoms with E-state index >= 15 is 0 Å². The first-order valence-corrected chi connectivity index (χ1v) is 11.7. The first-order chi connectivity index (χ1) is 15.0. The van der Waals surface area contributed by atoms with Crippen LogP contribution in [-0.4, -0.2) is 47.2 Å². The smallest absolute Gasteiger partial charge is 0.265 e. The SMILES string of the molecule is O=C(CN1c2cccc3cccc(c23)S1(=O)=O)NCc1ccc(N2CCOCC2)cc1. The maximum atomic E-state index is 13.0. The number of ether oxygens (including phenoxy) is 1. The predicted octanol–water partition coefficient (Wildman–Crippen LogP) is 2.50. The molecular formula is C23H23N3O4S. The van der Waals surface area contributed by atoms with E-state index in [1.807, 2.05) is 42.5 Å². The van der Waals surface area contributed by atoms with E-state index in [0.29, 0.717) is 17.6 Å². The van der Waals surface area contributed by atoms with Crippen LogP contribution in [0.1, 0.15) is 5.56 Å². The Kier molecular flexibility index (Phi) is 5.03. The Balaban J connectivity index is 1.26. The molecule has 31 heavy (non-hydrogen) atoms. The van der Waals surface area contributed by atoms with Crippen LogP contribution >= 0.6 is 0 Å². The van der Waals surface area contributed by atoms with Crippen LogP contribution in [0.5, 0.6) is 0 Å². The van der Waals surface area contributed by atoms with E-state index < -0.39 is 10.0 Å². The highest BCUT2D eigenvalue weighted by atomic mass is 32.2. The van der Waals surface area contributed by atoms with Gasteiger partial charge in [-0.25, -0.2) is 8.42 Å². The molecule has 1 N–H and O–H groups in total. The minimum Gasteiger partial charge on any atom is -0.378 e. The van der Waals surface area contributed by atoms with Crippen LogP contribution in [0.2, 0.25) is 0 Å². The molecule has 0 radical (unpaired) electrons. The zero-order valence-corrected chi connectivity index (χ0v) is 17.8. The van der Waals surface area contributed by atoms with Gasteiger partial charge in [-0.1, -0.05) is 36.4 Å². The third-order valence-corrected chi connectivity index (χ3v) is 7.57. The molecule has 2 aliphatic rings. The molecule has 160 valence electrons. The number of carbonyl (C=O) groups excluding carboxylic acids is 1. The lowest BCUT2D eigenvalue weighted by molar-refractivity contribution is -0.119. The fourth-order valence-electron chi connectivity index (χ4n) is 4.16. The Morgan fingerprint density at radius 2 is 1.68 bits per heavy atom. The van der Waals surface area contributed by atoms with Gasteiger partial charge in [0.05, 0.1) is 23.8 Å². The number of hydrogen-bond acceptors (Lipinski definition) is 5. The molecule has 3 aromatic rings. The Labute approximate surface area is 181 Å². The number of sulfonamides is 1. The molecule has 0 aliphatic carbocycles. The van der Waals surface area contributed by atoms with Gasteiger partial charge in [0.25, 0.3) is 10.0 Å². The van der Waals surface area contributed by atoms with Crippen LogP contribution in [0, 0.1) is 0 Å². The van der Waals surface area contributed by atoms with Gasteiger partial charge in [-0.2, -0.15) is 0 Å². The van der Waals surface area contributed by atoms with Crippen molar-refractivity contribution in [1.82, 2.24) is 5.32 Å². The van der Waals surface area contributed by atoms with E-state index in [-0.39, 0.29) is 17.3 Å². The Morgan fingerprint density at radius 3 is 2.42 bits per heavy atom. The van der Waals surface area contributed by atoms with Crippen LogP contribution in [0.3, 0.4) is 0 Å². The summed E-state index contributed by atoms with van der Waals surface area (Å²) in [4.78, 5) is 15.1. The first kappa shape index (κ1) is 19.8. The molecule has 1 fully saturated rings. The monoisotopic (exact) mass is 437 g/mol. The predicted molar refractivity (Wildman–Crippen MR) is 120 cm³/mol. The molecule has 0 unspecified atom stereocenters. The lowest BCUT2D eigenvalue weighted by Gasteiger charge is -2.28. The minimum absolute atomic E-state index is 0.248. The molecule has 8 heteroatoms. The summed E-state index contributed by atoms with van der Waals surface area (Å²) in [7, 11) is -3.74. The summed E-state index contributed by atoms with van der Waals surface area (Å²) in [5.41, 5.74) is 2.64. The fourth-order valence-corrected chi connectivity index (χ4v) is 5.83. The summed E-state index contributed by atoms with van der Waals surface area (Å²) in [5, 5.41) is 4.37. The van der Waals surface area contributed by atoms with Crippen molar-refractivity contribution < 1.29 is 17.9 Å². The van der Waals surface area contributed by atoms with Crippen molar-refractivity contribution in [2.24, 2.45) is 0 Å². The van der Waals surface area contributed by atoms with Gasteiger partial charge in [0.15, 0.2) is 0 Å². The molecule has 7 nitrogen and oxygen atoms in total. The van der Waals surface area contributed by atoms with E-state index in [2.05, 4.69) is 10.2 Å². The van der Waals surface area contributed by atoms with Crippen LogP contribution in [0.25, 0.3) is 10.8 Å². The topological polar surface area (TPSA) is 79.0 Å². The van der Waals surface area contributed by atoms with Crippen LogP contribution in [0.15, 0.2) is 65.6 Å². The number of morpholine rings is 1. The van der Waals surface area contributed by atoms with Crippen molar-refractivity contribution in [2.75, 3.05) is 42.1 Å². The first-order valence-electron chi connectivity index (χ1n) is 10.3. The molecule has 2 heterocycles. The lowest BCUT2D eigenvalue weighted by atomic mass is 10.1. The van der Waals surface area contributed by atoms with Crippen molar-refractivity contribution >= 4 is 38.1 Å². The summed E-state index contributed by atoms with van der Waals surface area (Å²) in [5.74, 6) is -0.342. The Bertz CT molecular complexity index is 1230. The van der Waals surface area contributed by atoms with Crippen LogP contribution in [-0.2, 0) is 26.1 Å². The van der Waals surface area contributed by atoms with E-state index in [4.69, 9.17) is 4.74 Å². The minimum atomic E-state index is -3.74. The molecular weight excluding hydrogens is 414 g/mol. The van der Waals surface area contributed by atoms with Gasteiger partial charge in [0.1, 0.15) is 6.54 Å². The van der Waals surface area contributed by atoms with Crippen molar-refractivity contribution in [1.29, 1.82) is 0 Å². The molecule has 1 amide bonds. The third kappa shape index (κ3) is 3.62. The second kappa shape index (κ2) is 7.86. The molecule has 3 aromatic carbocycles. The average molecular weight is 438 g/mol. The van der Waals surface area contributed by atoms with E-state index in [1.54, 1.807) is 18.2 Å². The molecule has 0 aromatic heterocycles. The second-order valence-electron chi connectivity index (χ2n) is 7.69. The van der Waals surface area contributed by atoms with Crippen molar-refractivity contribution in [3.8, 4) is 0 Å². The number of rotatable bonds is 5. The molecule has 2 aliphatic heterocycles. The number of nitrogens with zero attached hydrogens (tertiary/aromatic N) is 2. The summed E-state index contributed by atoms with van der Waals surface area (Å²) in [6.07, 6.45) is 0. The summed E-state index contributed by atoms with van der Waals surface area (Å²) >= 11 is 0. The molecule has 0 atom stereocenters. The highest BCUT2D eigenvalue weighted by molar-refractivity contribution is 7.93. The van der Waals surface area contributed by atoms with Gasteiger partial charge >= 0.3 is 0 Å². The van der Waals surface area contributed by atoms with Crippen molar-refractivity contribution in [3.05, 3.63) is 66.2 Å². The van der Waals surface area contributed by atoms with Crippen molar-refractivity contribution in [2.45, 2.75) is 11.4 Å². The van der Waals surface area contributed by atoms with Crippen LogP contribution in [0.4, 0.5) is 11.4 Å². The standard InChI is InChI=1S/C23H23N3O4S/c27-22(24-15-17-7-9-19(10-8-17)25-11-13-30-14-12-25)16-26-20-5-1-3-18-4-2-6-21(23(18)20)31(26,28)29/h1-10H,11-16H2,(H,24,27). The number of nitrogens with one attached hydrogen (secondary N) is 1. The molecule has 5 rings (SSSR count).